The third kappa shape index (κ3) is 2.36. The molecule has 0 atom stereocenters. The Morgan fingerprint density at radius 2 is 1.45 bits per heavy atom. The number of rotatable bonds is 3. The van der Waals surface area contributed by atoms with Crippen molar-refractivity contribution in [3.05, 3.63) is 75.8 Å². The number of amides is 2. The molecule has 1 aliphatic heterocycles. The van der Waals surface area contributed by atoms with Gasteiger partial charge in [-0.3, -0.25) is 9.59 Å². The van der Waals surface area contributed by atoms with Gasteiger partial charge in [-0.05, 0) is 12.1 Å². The van der Waals surface area contributed by atoms with E-state index >= 15 is 0 Å². The highest BCUT2D eigenvalue weighted by Gasteiger charge is 2.39. The number of halogens is 2. The molecule has 22 heavy (non-hydrogen) atoms. The summed E-state index contributed by atoms with van der Waals surface area (Å²) in [5.74, 6) is -1.02. The van der Waals surface area contributed by atoms with Gasteiger partial charge in [-0.25, -0.2) is 0 Å². The summed E-state index contributed by atoms with van der Waals surface area (Å²) < 4.78 is 0. The number of hydrogen-bond donors (Lipinski definition) is 0. The zero-order valence-corrected chi connectivity index (χ0v) is 12.7. The highest BCUT2D eigenvalue weighted by atomic mass is 35.5. The number of carbonyl (C=O) groups is 2. The lowest BCUT2D eigenvalue weighted by atomic mass is 10.1. The van der Waals surface area contributed by atoms with Gasteiger partial charge in [0.2, 0.25) is 0 Å². The second-order valence-electron chi connectivity index (χ2n) is 4.60. The largest absolute Gasteiger partial charge is 0.368 e. The third-order valence-corrected chi connectivity index (χ3v) is 3.91. The van der Waals surface area contributed by atoms with Crippen molar-refractivity contribution in [1.82, 2.24) is 5.06 Å². The van der Waals surface area contributed by atoms with Crippen LogP contribution in [0.4, 0.5) is 0 Å². The highest BCUT2D eigenvalue weighted by Crippen LogP contribution is 2.32. The Balaban J connectivity index is 1.90. The van der Waals surface area contributed by atoms with Gasteiger partial charge in [0.25, 0.3) is 11.8 Å². The van der Waals surface area contributed by atoms with Gasteiger partial charge in [-0.1, -0.05) is 65.2 Å². The summed E-state index contributed by atoms with van der Waals surface area (Å²) in [5.41, 5.74) is 0.968. The topological polar surface area (TPSA) is 46.6 Å². The molecule has 0 aromatic heterocycles. The quantitative estimate of drug-likeness (QED) is 0.624. The average molecular weight is 334 g/mol. The van der Waals surface area contributed by atoms with Crippen LogP contribution in [0.2, 0.25) is 10.0 Å². The van der Waals surface area contributed by atoms with Crippen LogP contribution < -0.4 is 0 Å². The van der Waals surface area contributed by atoms with Crippen molar-refractivity contribution in [2.75, 3.05) is 0 Å². The third-order valence-electron chi connectivity index (χ3n) is 3.19. The minimum absolute atomic E-state index is 0.153. The lowest BCUT2D eigenvalue weighted by Crippen LogP contribution is -2.29. The maximum atomic E-state index is 12.3. The number of carbonyl (C=O) groups excluding carboxylic acids is 2. The first-order valence-electron chi connectivity index (χ1n) is 6.29. The Morgan fingerprint density at radius 3 is 1.95 bits per heavy atom. The van der Waals surface area contributed by atoms with Crippen molar-refractivity contribution in [3.63, 3.8) is 0 Å². The number of benzene rings is 2. The van der Waals surface area contributed by atoms with Crippen LogP contribution in [0.1, 0.15) is 26.3 Å². The van der Waals surface area contributed by atoms with Crippen LogP contribution in [-0.4, -0.2) is 16.9 Å². The van der Waals surface area contributed by atoms with E-state index < -0.39 is 11.8 Å². The summed E-state index contributed by atoms with van der Waals surface area (Å²) >= 11 is 11.8. The van der Waals surface area contributed by atoms with Crippen LogP contribution in [0.25, 0.3) is 5.76 Å². The summed E-state index contributed by atoms with van der Waals surface area (Å²) in [6, 6.07) is 11.7. The van der Waals surface area contributed by atoms with Gasteiger partial charge >= 0.3 is 0 Å². The minimum atomic E-state index is -0.601. The van der Waals surface area contributed by atoms with Crippen molar-refractivity contribution in [1.29, 1.82) is 0 Å². The molecule has 0 saturated heterocycles. The van der Waals surface area contributed by atoms with Gasteiger partial charge in [0.1, 0.15) is 0 Å². The van der Waals surface area contributed by atoms with E-state index in [0.717, 1.165) is 0 Å². The summed E-state index contributed by atoms with van der Waals surface area (Å²) in [4.78, 5) is 29.9. The Bertz CT molecular complexity index is 762. The number of hydroxylamine groups is 2. The van der Waals surface area contributed by atoms with E-state index in [0.29, 0.717) is 10.6 Å². The molecule has 2 aromatic rings. The van der Waals surface area contributed by atoms with Crippen LogP contribution in [-0.2, 0) is 4.84 Å². The summed E-state index contributed by atoms with van der Waals surface area (Å²) in [6.45, 7) is 3.73. The molecule has 0 aliphatic carbocycles. The molecular formula is C16H9Cl2NO3. The molecule has 0 fully saturated rings. The second-order valence-corrected chi connectivity index (χ2v) is 5.41. The molecule has 4 nitrogen and oxygen atoms in total. The Morgan fingerprint density at radius 1 is 0.955 bits per heavy atom. The fourth-order valence-electron chi connectivity index (χ4n) is 2.08. The molecule has 6 heteroatoms. The van der Waals surface area contributed by atoms with Gasteiger partial charge in [-0.2, -0.15) is 0 Å². The minimum Gasteiger partial charge on any atom is -0.368 e. The van der Waals surface area contributed by atoms with E-state index in [1.807, 2.05) is 6.07 Å². The van der Waals surface area contributed by atoms with Gasteiger partial charge in [0, 0.05) is 5.56 Å². The van der Waals surface area contributed by atoms with Crippen LogP contribution in [0, 0.1) is 0 Å². The van der Waals surface area contributed by atoms with Crippen molar-refractivity contribution in [2.45, 2.75) is 0 Å². The number of nitrogens with zero attached hydrogens (tertiary/aromatic N) is 1. The maximum Gasteiger partial charge on any atom is 0.295 e. The van der Waals surface area contributed by atoms with Crippen LogP contribution in [0.5, 0.6) is 0 Å². The Labute approximate surface area is 136 Å². The molecule has 0 N–H and O–H groups in total. The molecule has 110 valence electrons. The molecule has 0 spiro atoms. The molecule has 0 radical (unpaired) electrons. The molecule has 0 unspecified atom stereocenters. The predicted molar refractivity (Wildman–Crippen MR) is 83.5 cm³/mol. The van der Waals surface area contributed by atoms with Gasteiger partial charge in [0.15, 0.2) is 5.76 Å². The van der Waals surface area contributed by atoms with E-state index in [9.17, 15) is 9.59 Å². The Hall–Kier alpha value is -2.30. The fraction of sp³-hybridized carbons (Fsp3) is 0. The van der Waals surface area contributed by atoms with Gasteiger partial charge in [0.05, 0.1) is 21.2 Å². The van der Waals surface area contributed by atoms with E-state index in [4.69, 9.17) is 28.0 Å². The molecule has 2 aromatic carbocycles. The van der Waals surface area contributed by atoms with E-state index in [2.05, 4.69) is 6.58 Å². The molecule has 1 heterocycles. The normalized spacial score (nSPS) is 13.3. The van der Waals surface area contributed by atoms with Crippen LogP contribution in [0.3, 0.4) is 0 Å². The predicted octanol–water partition coefficient (Wildman–Crippen LogP) is 4.19. The number of imide groups is 1. The Kier molecular flexibility index (Phi) is 3.64. The first-order chi connectivity index (χ1) is 10.5. The van der Waals surface area contributed by atoms with Crippen molar-refractivity contribution >= 4 is 40.8 Å². The fourth-order valence-corrected chi connectivity index (χ4v) is 2.41. The van der Waals surface area contributed by atoms with Crippen LogP contribution >= 0.6 is 23.2 Å². The van der Waals surface area contributed by atoms with Gasteiger partial charge in [-0.15, -0.1) is 0 Å². The number of fused-ring (bicyclic) bond motifs is 1. The lowest BCUT2D eigenvalue weighted by Gasteiger charge is -2.16. The molecule has 1 aliphatic rings. The van der Waals surface area contributed by atoms with Crippen molar-refractivity contribution in [3.8, 4) is 0 Å². The molecule has 3 rings (SSSR count). The van der Waals surface area contributed by atoms with E-state index in [-0.39, 0.29) is 26.9 Å². The zero-order valence-electron chi connectivity index (χ0n) is 11.2. The second kappa shape index (κ2) is 5.48. The summed E-state index contributed by atoms with van der Waals surface area (Å²) in [7, 11) is 0. The molecule has 0 bridgehead atoms. The number of hydrogen-bond acceptors (Lipinski definition) is 3. The summed E-state index contributed by atoms with van der Waals surface area (Å²) in [6.07, 6.45) is 0. The zero-order chi connectivity index (χ0) is 15.9. The molecule has 0 saturated carbocycles. The first-order valence-corrected chi connectivity index (χ1v) is 7.04. The monoisotopic (exact) mass is 333 g/mol. The highest BCUT2D eigenvalue weighted by molar-refractivity contribution is 6.43. The summed E-state index contributed by atoms with van der Waals surface area (Å²) in [5, 5.41) is 1.06. The molecular weight excluding hydrogens is 325 g/mol. The van der Waals surface area contributed by atoms with E-state index in [1.54, 1.807) is 24.3 Å². The lowest BCUT2D eigenvalue weighted by molar-refractivity contribution is -0.0315. The van der Waals surface area contributed by atoms with Crippen molar-refractivity contribution in [2.24, 2.45) is 0 Å². The SMILES string of the molecule is C=C(ON1C(=O)c2cc(Cl)c(Cl)cc2C1=O)c1ccccc1. The standard InChI is InChI=1S/C16H9Cl2NO3/c1-9(10-5-3-2-4-6-10)22-19-15(20)11-7-13(17)14(18)8-12(11)16(19)21/h2-8H,1H2. The maximum absolute atomic E-state index is 12.3. The average Bonchev–Trinajstić information content (AvgIpc) is 2.74. The van der Waals surface area contributed by atoms with E-state index in [1.165, 1.54) is 12.1 Å². The smallest absolute Gasteiger partial charge is 0.295 e. The van der Waals surface area contributed by atoms with Gasteiger partial charge < -0.3 is 4.84 Å². The van der Waals surface area contributed by atoms with Crippen molar-refractivity contribution < 1.29 is 14.4 Å². The van der Waals surface area contributed by atoms with Crippen LogP contribution in [0.15, 0.2) is 49.0 Å². The first kappa shape index (κ1) is 14.6. The molecule has 2 amide bonds.